The van der Waals surface area contributed by atoms with Crippen molar-refractivity contribution >= 4 is 29.4 Å². The first kappa shape index (κ1) is 13.0. The molecule has 1 heterocycles. The Morgan fingerprint density at radius 1 is 1.29 bits per heavy atom. The van der Waals surface area contributed by atoms with Crippen molar-refractivity contribution in [3.63, 3.8) is 0 Å². The zero-order valence-electron chi connectivity index (χ0n) is 11.1. The molecule has 3 fully saturated rings. The summed E-state index contributed by atoms with van der Waals surface area (Å²) in [6.07, 6.45) is 0.649. The molecule has 1 saturated heterocycles. The predicted molar refractivity (Wildman–Crippen MR) is 76.6 cm³/mol. The van der Waals surface area contributed by atoms with Gasteiger partial charge in [0.1, 0.15) is 6.10 Å². The second-order valence-electron chi connectivity index (χ2n) is 6.01. The SMILES string of the molecule is Nc1ccc(S[C@@H]2[C@H]3C[C@H]4[C@@H]2OC(=O)[C@@H]4[C@H]3C(=O)O)cc1. The van der Waals surface area contributed by atoms with E-state index >= 15 is 0 Å². The lowest BCUT2D eigenvalue weighted by atomic mass is 9.80. The minimum atomic E-state index is -0.868. The number of fused-ring (bicyclic) bond motifs is 1. The molecular weight excluding hydrogens is 290 g/mol. The van der Waals surface area contributed by atoms with E-state index < -0.39 is 17.8 Å². The van der Waals surface area contributed by atoms with Crippen LogP contribution in [0.5, 0.6) is 0 Å². The lowest BCUT2D eigenvalue weighted by molar-refractivity contribution is -0.151. The summed E-state index contributed by atoms with van der Waals surface area (Å²) in [6.45, 7) is 0. The monoisotopic (exact) mass is 305 g/mol. The maximum atomic E-state index is 11.9. The number of carbonyl (C=O) groups is 2. The van der Waals surface area contributed by atoms with E-state index in [-0.39, 0.29) is 29.2 Å². The number of hydrogen-bond donors (Lipinski definition) is 2. The molecule has 6 heteroatoms. The summed E-state index contributed by atoms with van der Waals surface area (Å²) in [6, 6.07) is 7.51. The molecule has 1 aliphatic heterocycles. The Kier molecular flexibility index (Phi) is 2.73. The van der Waals surface area contributed by atoms with Crippen molar-refractivity contribution in [2.45, 2.75) is 22.7 Å². The number of carboxylic acid groups (broad SMARTS) is 1. The molecule has 0 spiro atoms. The van der Waals surface area contributed by atoms with Crippen molar-refractivity contribution < 1.29 is 19.4 Å². The van der Waals surface area contributed by atoms with Crippen molar-refractivity contribution in [2.24, 2.45) is 23.7 Å². The Balaban J connectivity index is 1.63. The van der Waals surface area contributed by atoms with Crippen LogP contribution in [0.1, 0.15) is 6.42 Å². The molecule has 2 aliphatic carbocycles. The number of carboxylic acids is 1. The number of hydrogen-bond acceptors (Lipinski definition) is 5. The highest BCUT2D eigenvalue weighted by Crippen LogP contribution is 2.61. The molecule has 0 unspecified atom stereocenters. The molecule has 5 nitrogen and oxygen atoms in total. The maximum Gasteiger partial charge on any atom is 0.310 e. The van der Waals surface area contributed by atoms with Gasteiger partial charge in [-0.15, -0.1) is 11.8 Å². The van der Waals surface area contributed by atoms with E-state index in [9.17, 15) is 14.7 Å². The number of thioether (sulfide) groups is 1. The van der Waals surface area contributed by atoms with Crippen LogP contribution in [-0.2, 0) is 14.3 Å². The van der Waals surface area contributed by atoms with Crippen LogP contribution >= 0.6 is 11.8 Å². The van der Waals surface area contributed by atoms with Crippen LogP contribution in [0.25, 0.3) is 0 Å². The quantitative estimate of drug-likeness (QED) is 0.651. The van der Waals surface area contributed by atoms with Crippen molar-refractivity contribution in [2.75, 3.05) is 5.73 Å². The van der Waals surface area contributed by atoms with Gasteiger partial charge in [0, 0.05) is 16.5 Å². The Morgan fingerprint density at radius 2 is 2.00 bits per heavy atom. The smallest absolute Gasteiger partial charge is 0.310 e. The summed E-state index contributed by atoms with van der Waals surface area (Å²) in [4.78, 5) is 24.5. The van der Waals surface area contributed by atoms with E-state index in [1.807, 2.05) is 24.3 Å². The largest absolute Gasteiger partial charge is 0.481 e. The molecule has 1 aromatic rings. The van der Waals surface area contributed by atoms with Crippen LogP contribution in [0.2, 0.25) is 0 Å². The molecule has 0 radical (unpaired) electrons. The Bertz CT molecular complexity index is 617. The standard InChI is InChI=1S/C15H15NO4S/c16-6-1-3-7(4-2-6)21-13-9-5-8-11(10(9)14(17)18)15(19)20-12(8)13/h1-4,8-13H,5,16H2,(H,17,18)/t8-,9+,10+,11+,12+,13-/m1/s1. The lowest BCUT2D eigenvalue weighted by Gasteiger charge is -2.29. The molecule has 2 bridgehead atoms. The average Bonchev–Trinajstić information content (AvgIpc) is 3.04. The lowest BCUT2D eigenvalue weighted by Crippen LogP contribution is -2.39. The van der Waals surface area contributed by atoms with Crippen LogP contribution in [0.4, 0.5) is 5.69 Å². The first-order chi connectivity index (χ1) is 10.1. The van der Waals surface area contributed by atoms with Crippen LogP contribution in [-0.4, -0.2) is 28.4 Å². The van der Waals surface area contributed by atoms with Crippen LogP contribution < -0.4 is 5.73 Å². The van der Waals surface area contributed by atoms with E-state index in [4.69, 9.17) is 10.5 Å². The molecule has 6 atom stereocenters. The van der Waals surface area contributed by atoms with Crippen molar-refractivity contribution in [3.8, 4) is 0 Å². The Labute approximate surface area is 125 Å². The normalized spacial score (nSPS) is 39.5. The third-order valence-electron chi connectivity index (χ3n) is 4.98. The van der Waals surface area contributed by atoms with Gasteiger partial charge in [0.2, 0.25) is 0 Å². The molecule has 4 rings (SSSR count). The van der Waals surface area contributed by atoms with E-state index in [0.29, 0.717) is 5.69 Å². The minimum Gasteiger partial charge on any atom is -0.481 e. The summed E-state index contributed by atoms with van der Waals surface area (Å²) < 4.78 is 5.48. The molecule has 21 heavy (non-hydrogen) atoms. The Hall–Kier alpha value is -1.69. The van der Waals surface area contributed by atoms with Gasteiger partial charge in [-0.3, -0.25) is 9.59 Å². The number of esters is 1. The average molecular weight is 305 g/mol. The zero-order chi connectivity index (χ0) is 14.7. The van der Waals surface area contributed by atoms with E-state index in [0.717, 1.165) is 11.3 Å². The first-order valence-corrected chi connectivity index (χ1v) is 7.90. The molecule has 3 aliphatic rings. The predicted octanol–water partition coefficient (Wildman–Crippen LogP) is 1.62. The molecule has 110 valence electrons. The molecule has 0 amide bonds. The summed E-state index contributed by atoms with van der Waals surface area (Å²) >= 11 is 1.61. The fourth-order valence-electron chi connectivity index (χ4n) is 4.19. The first-order valence-electron chi connectivity index (χ1n) is 7.02. The summed E-state index contributed by atoms with van der Waals surface area (Å²) in [7, 11) is 0. The van der Waals surface area contributed by atoms with Gasteiger partial charge in [0.25, 0.3) is 0 Å². The number of aliphatic carboxylic acids is 1. The summed E-state index contributed by atoms with van der Waals surface area (Å²) in [5.41, 5.74) is 6.38. The van der Waals surface area contributed by atoms with Crippen LogP contribution in [0.3, 0.4) is 0 Å². The second-order valence-corrected chi connectivity index (χ2v) is 7.26. The molecule has 2 saturated carbocycles. The summed E-state index contributed by atoms with van der Waals surface area (Å²) in [5.74, 6) is -2.12. The number of anilines is 1. The minimum absolute atomic E-state index is 0.0107. The summed E-state index contributed by atoms with van der Waals surface area (Å²) in [5, 5.41) is 9.49. The zero-order valence-corrected chi connectivity index (χ0v) is 12.0. The molecular formula is C15H15NO4S. The van der Waals surface area contributed by atoms with Gasteiger partial charge in [-0.2, -0.15) is 0 Å². The topological polar surface area (TPSA) is 89.6 Å². The third kappa shape index (κ3) is 1.78. The molecule has 1 aromatic carbocycles. The Morgan fingerprint density at radius 3 is 2.67 bits per heavy atom. The van der Waals surface area contributed by atoms with E-state index in [2.05, 4.69) is 0 Å². The highest BCUT2D eigenvalue weighted by atomic mass is 32.2. The number of benzene rings is 1. The van der Waals surface area contributed by atoms with Crippen molar-refractivity contribution in [1.29, 1.82) is 0 Å². The van der Waals surface area contributed by atoms with E-state index in [1.165, 1.54) is 0 Å². The van der Waals surface area contributed by atoms with E-state index in [1.54, 1.807) is 11.8 Å². The maximum absolute atomic E-state index is 11.9. The number of carbonyl (C=O) groups excluding carboxylic acids is 1. The van der Waals surface area contributed by atoms with Gasteiger partial charge < -0.3 is 15.6 Å². The highest BCUT2D eigenvalue weighted by molar-refractivity contribution is 8.00. The highest BCUT2D eigenvalue weighted by Gasteiger charge is 2.68. The van der Waals surface area contributed by atoms with Crippen LogP contribution in [0, 0.1) is 23.7 Å². The number of rotatable bonds is 3. The van der Waals surface area contributed by atoms with Gasteiger partial charge in [0.05, 0.1) is 17.1 Å². The van der Waals surface area contributed by atoms with Crippen molar-refractivity contribution in [3.05, 3.63) is 24.3 Å². The van der Waals surface area contributed by atoms with Gasteiger partial charge in [-0.25, -0.2) is 0 Å². The number of ether oxygens (including phenoxy) is 1. The van der Waals surface area contributed by atoms with Crippen molar-refractivity contribution in [1.82, 2.24) is 0 Å². The van der Waals surface area contributed by atoms with Gasteiger partial charge in [0.15, 0.2) is 0 Å². The van der Waals surface area contributed by atoms with Gasteiger partial charge >= 0.3 is 11.9 Å². The fourth-order valence-corrected chi connectivity index (χ4v) is 5.64. The second kappa shape index (κ2) is 4.40. The molecule has 3 N–H and O–H groups in total. The van der Waals surface area contributed by atoms with Gasteiger partial charge in [-0.1, -0.05) is 0 Å². The number of nitrogens with two attached hydrogens (primary N) is 1. The number of nitrogen functional groups attached to an aromatic ring is 1. The van der Waals surface area contributed by atoms with Crippen LogP contribution in [0.15, 0.2) is 29.2 Å². The third-order valence-corrected chi connectivity index (χ3v) is 6.42. The fraction of sp³-hybridized carbons (Fsp3) is 0.467. The van der Waals surface area contributed by atoms with Gasteiger partial charge in [-0.05, 0) is 36.6 Å². The molecule has 0 aromatic heterocycles.